The molecule has 0 radical (unpaired) electrons. The lowest BCUT2D eigenvalue weighted by Crippen LogP contribution is -2.01. The summed E-state index contributed by atoms with van der Waals surface area (Å²) in [6, 6.07) is 16.1. The minimum atomic E-state index is 0.756. The van der Waals surface area contributed by atoms with E-state index in [1.165, 1.54) is 0 Å². The van der Waals surface area contributed by atoms with Crippen molar-refractivity contribution in [2.24, 2.45) is 0 Å². The van der Waals surface area contributed by atoms with Crippen LogP contribution in [-0.4, -0.2) is 7.11 Å². The van der Waals surface area contributed by atoms with Gasteiger partial charge in [0.2, 0.25) is 0 Å². The summed E-state index contributed by atoms with van der Waals surface area (Å²) in [5.74, 6) is 0.914. The fourth-order valence-electron chi connectivity index (χ4n) is 1.61. The smallest absolute Gasteiger partial charge is 0.123 e. The zero-order chi connectivity index (χ0) is 12.1. The monoisotopic (exact) mass is 291 g/mol. The molecular weight excluding hydrogens is 278 g/mol. The van der Waals surface area contributed by atoms with Crippen LogP contribution in [0.3, 0.4) is 0 Å². The number of nitrogens with one attached hydrogen (secondary N) is 1. The summed E-state index contributed by atoms with van der Waals surface area (Å²) in [7, 11) is 1.69. The molecule has 0 saturated heterocycles. The Morgan fingerprint density at radius 3 is 2.47 bits per heavy atom. The number of ether oxygens (including phenoxy) is 1. The van der Waals surface area contributed by atoms with Gasteiger partial charge in [0.25, 0.3) is 0 Å². The molecule has 17 heavy (non-hydrogen) atoms. The predicted octanol–water partition coefficient (Wildman–Crippen LogP) is 4.07. The number of benzene rings is 2. The molecule has 2 aromatic carbocycles. The van der Waals surface area contributed by atoms with Gasteiger partial charge in [-0.1, -0.05) is 34.1 Å². The van der Waals surface area contributed by atoms with Crippen molar-refractivity contribution in [3.8, 4) is 5.75 Å². The van der Waals surface area contributed by atoms with Crippen LogP contribution in [0.4, 0.5) is 5.69 Å². The van der Waals surface area contributed by atoms with E-state index in [-0.39, 0.29) is 0 Å². The number of halogens is 1. The first-order valence-electron chi connectivity index (χ1n) is 5.41. The molecule has 0 aromatic heterocycles. The molecular formula is C14H14BrNO. The Hall–Kier alpha value is -1.48. The van der Waals surface area contributed by atoms with Crippen LogP contribution in [0.2, 0.25) is 0 Å². The maximum atomic E-state index is 5.31. The second-order valence-electron chi connectivity index (χ2n) is 3.67. The van der Waals surface area contributed by atoms with E-state index in [2.05, 4.69) is 27.3 Å². The van der Waals surface area contributed by atoms with E-state index in [1.54, 1.807) is 7.11 Å². The second kappa shape index (κ2) is 5.73. The Labute approximate surface area is 110 Å². The molecule has 0 aliphatic heterocycles. The molecule has 0 aliphatic carbocycles. The molecule has 0 spiro atoms. The summed E-state index contributed by atoms with van der Waals surface area (Å²) in [5, 5.41) is 3.36. The van der Waals surface area contributed by atoms with Crippen molar-refractivity contribution in [3.63, 3.8) is 0 Å². The number of hydrogen-bond acceptors (Lipinski definition) is 2. The first kappa shape index (κ1) is 12.0. The van der Waals surface area contributed by atoms with Crippen molar-refractivity contribution < 1.29 is 4.74 Å². The molecule has 0 heterocycles. The van der Waals surface area contributed by atoms with E-state index >= 15 is 0 Å². The average molecular weight is 292 g/mol. The SMILES string of the molecule is COc1ccccc1CNc1ccc(Br)cc1. The van der Waals surface area contributed by atoms with Gasteiger partial charge in [-0.2, -0.15) is 0 Å². The zero-order valence-corrected chi connectivity index (χ0v) is 11.2. The van der Waals surface area contributed by atoms with E-state index < -0.39 is 0 Å². The normalized spacial score (nSPS) is 10.0. The Bertz CT molecular complexity index is 482. The number of methoxy groups -OCH3 is 1. The van der Waals surface area contributed by atoms with Crippen LogP contribution in [0.1, 0.15) is 5.56 Å². The fraction of sp³-hybridized carbons (Fsp3) is 0.143. The van der Waals surface area contributed by atoms with Crippen LogP contribution in [0.15, 0.2) is 53.0 Å². The van der Waals surface area contributed by atoms with Crippen molar-refractivity contribution in [1.82, 2.24) is 0 Å². The zero-order valence-electron chi connectivity index (χ0n) is 9.61. The number of para-hydroxylation sites is 1. The van der Waals surface area contributed by atoms with Gasteiger partial charge in [-0.3, -0.25) is 0 Å². The lowest BCUT2D eigenvalue weighted by atomic mass is 10.2. The third-order valence-electron chi connectivity index (χ3n) is 2.52. The number of hydrogen-bond donors (Lipinski definition) is 1. The molecule has 2 rings (SSSR count). The quantitative estimate of drug-likeness (QED) is 0.917. The Kier molecular flexibility index (Phi) is 4.04. The van der Waals surface area contributed by atoms with E-state index in [0.717, 1.165) is 28.0 Å². The van der Waals surface area contributed by atoms with Crippen LogP contribution in [0.5, 0.6) is 5.75 Å². The first-order chi connectivity index (χ1) is 8.29. The molecule has 0 saturated carbocycles. The van der Waals surface area contributed by atoms with E-state index in [4.69, 9.17) is 4.74 Å². The molecule has 2 nitrogen and oxygen atoms in total. The van der Waals surface area contributed by atoms with Crippen molar-refractivity contribution in [2.75, 3.05) is 12.4 Å². The van der Waals surface area contributed by atoms with Gasteiger partial charge in [-0.05, 0) is 30.3 Å². The highest BCUT2D eigenvalue weighted by Gasteiger charge is 2.00. The Morgan fingerprint density at radius 1 is 1.06 bits per heavy atom. The molecule has 1 N–H and O–H groups in total. The molecule has 0 bridgehead atoms. The minimum absolute atomic E-state index is 0.756. The molecule has 0 fully saturated rings. The second-order valence-corrected chi connectivity index (χ2v) is 4.59. The highest BCUT2D eigenvalue weighted by atomic mass is 79.9. The van der Waals surface area contributed by atoms with Crippen LogP contribution in [0.25, 0.3) is 0 Å². The fourth-order valence-corrected chi connectivity index (χ4v) is 1.88. The summed E-state index contributed by atoms with van der Waals surface area (Å²) in [5.41, 5.74) is 2.25. The third kappa shape index (κ3) is 3.24. The number of anilines is 1. The van der Waals surface area contributed by atoms with Gasteiger partial charge < -0.3 is 10.1 Å². The number of rotatable bonds is 4. The van der Waals surface area contributed by atoms with Gasteiger partial charge in [0.15, 0.2) is 0 Å². The van der Waals surface area contributed by atoms with Gasteiger partial charge in [0.1, 0.15) is 5.75 Å². The maximum Gasteiger partial charge on any atom is 0.123 e. The molecule has 88 valence electrons. The van der Waals surface area contributed by atoms with E-state index in [0.29, 0.717) is 0 Å². The summed E-state index contributed by atoms with van der Waals surface area (Å²) in [6.45, 7) is 0.756. The van der Waals surface area contributed by atoms with Gasteiger partial charge in [-0.15, -0.1) is 0 Å². The summed E-state index contributed by atoms with van der Waals surface area (Å²) >= 11 is 3.42. The maximum absolute atomic E-state index is 5.31. The molecule has 0 unspecified atom stereocenters. The van der Waals surface area contributed by atoms with Crippen LogP contribution < -0.4 is 10.1 Å². The Balaban J connectivity index is 2.04. The Morgan fingerprint density at radius 2 is 1.76 bits per heavy atom. The standard InChI is InChI=1S/C14H14BrNO/c1-17-14-5-3-2-4-11(14)10-16-13-8-6-12(15)7-9-13/h2-9,16H,10H2,1H3. The summed E-state index contributed by atoms with van der Waals surface area (Å²) in [4.78, 5) is 0. The minimum Gasteiger partial charge on any atom is -0.496 e. The van der Waals surface area contributed by atoms with Crippen molar-refractivity contribution >= 4 is 21.6 Å². The largest absolute Gasteiger partial charge is 0.496 e. The molecule has 0 aliphatic rings. The highest BCUT2D eigenvalue weighted by Crippen LogP contribution is 2.19. The van der Waals surface area contributed by atoms with Gasteiger partial charge in [0, 0.05) is 22.3 Å². The van der Waals surface area contributed by atoms with Gasteiger partial charge >= 0.3 is 0 Å². The lowest BCUT2D eigenvalue weighted by Gasteiger charge is -2.10. The van der Waals surface area contributed by atoms with Crippen molar-refractivity contribution in [1.29, 1.82) is 0 Å². The van der Waals surface area contributed by atoms with Crippen LogP contribution in [0, 0.1) is 0 Å². The topological polar surface area (TPSA) is 21.3 Å². The molecule has 3 heteroatoms. The predicted molar refractivity (Wildman–Crippen MR) is 74.5 cm³/mol. The van der Waals surface area contributed by atoms with Crippen molar-refractivity contribution in [2.45, 2.75) is 6.54 Å². The molecule has 0 amide bonds. The molecule has 2 aromatic rings. The average Bonchev–Trinajstić information content (AvgIpc) is 2.38. The highest BCUT2D eigenvalue weighted by molar-refractivity contribution is 9.10. The van der Waals surface area contributed by atoms with Gasteiger partial charge in [-0.25, -0.2) is 0 Å². The van der Waals surface area contributed by atoms with Crippen LogP contribution in [-0.2, 0) is 6.54 Å². The van der Waals surface area contributed by atoms with Gasteiger partial charge in [0.05, 0.1) is 7.11 Å². The summed E-state index contributed by atoms with van der Waals surface area (Å²) < 4.78 is 6.39. The van der Waals surface area contributed by atoms with Crippen molar-refractivity contribution in [3.05, 3.63) is 58.6 Å². The van der Waals surface area contributed by atoms with E-state index in [1.807, 2.05) is 42.5 Å². The third-order valence-corrected chi connectivity index (χ3v) is 3.05. The summed E-state index contributed by atoms with van der Waals surface area (Å²) in [6.07, 6.45) is 0. The lowest BCUT2D eigenvalue weighted by molar-refractivity contribution is 0.410. The molecule has 0 atom stereocenters. The van der Waals surface area contributed by atoms with E-state index in [9.17, 15) is 0 Å². The van der Waals surface area contributed by atoms with Crippen LogP contribution >= 0.6 is 15.9 Å². The first-order valence-corrected chi connectivity index (χ1v) is 6.20.